The van der Waals surface area contributed by atoms with E-state index in [1.54, 1.807) is 44.3 Å². The monoisotopic (exact) mass is 480 g/mol. The van der Waals surface area contributed by atoms with Crippen LogP contribution in [0.15, 0.2) is 66.9 Å². The van der Waals surface area contributed by atoms with Crippen LogP contribution in [0.2, 0.25) is 10.0 Å². The highest BCUT2D eigenvalue weighted by molar-refractivity contribution is 6.40. The summed E-state index contributed by atoms with van der Waals surface area (Å²) in [5.74, 6) is 0.823. The van der Waals surface area contributed by atoms with Crippen LogP contribution in [0.25, 0.3) is 10.9 Å². The Hall–Kier alpha value is -3.12. The lowest BCUT2D eigenvalue weighted by molar-refractivity contribution is 0.0785. The van der Waals surface area contributed by atoms with Crippen LogP contribution in [0.4, 0.5) is 5.69 Å². The summed E-state index contributed by atoms with van der Waals surface area (Å²) in [5.41, 5.74) is 1.97. The average molecular weight is 481 g/mol. The molecule has 4 rings (SSSR count). The van der Waals surface area contributed by atoms with Crippen molar-refractivity contribution in [2.24, 2.45) is 0 Å². The van der Waals surface area contributed by atoms with Gasteiger partial charge in [-0.05, 0) is 62.7 Å². The number of amides is 1. The Labute approximate surface area is 201 Å². The van der Waals surface area contributed by atoms with Crippen molar-refractivity contribution in [2.75, 3.05) is 5.32 Å². The summed E-state index contributed by atoms with van der Waals surface area (Å²) in [6.07, 6.45) is 1.70. The van der Waals surface area contributed by atoms with Crippen molar-refractivity contribution >= 4 is 45.7 Å². The smallest absolute Gasteiger partial charge is 0.258 e. The van der Waals surface area contributed by atoms with Gasteiger partial charge in [-0.25, -0.2) is 0 Å². The lowest BCUT2D eigenvalue weighted by Crippen LogP contribution is -2.14. The summed E-state index contributed by atoms with van der Waals surface area (Å²) in [6, 6.07) is 17.6. The first-order chi connectivity index (χ1) is 15.6. The molecule has 168 valence electrons. The Morgan fingerprint density at radius 2 is 1.64 bits per heavy atom. The first kappa shape index (κ1) is 23.1. The zero-order valence-electron chi connectivity index (χ0n) is 18.3. The highest BCUT2D eigenvalue weighted by Crippen LogP contribution is 2.36. The molecule has 0 aliphatic heterocycles. The summed E-state index contributed by atoms with van der Waals surface area (Å²) >= 11 is 12.4. The molecule has 1 heterocycles. The van der Waals surface area contributed by atoms with Crippen LogP contribution >= 0.6 is 23.2 Å². The van der Waals surface area contributed by atoms with Crippen LogP contribution in [0.5, 0.6) is 11.5 Å². The molecule has 1 amide bonds. The average Bonchev–Trinajstić information content (AvgIpc) is 2.75. The minimum absolute atomic E-state index is 0.202. The molecule has 0 saturated heterocycles. The highest BCUT2D eigenvalue weighted by atomic mass is 35.5. The van der Waals surface area contributed by atoms with E-state index in [2.05, 4.69) is 10.3 Å². The van der Waals surface area contributed by atoms with Crippen LogP contribution in [-0.2, 0) is 5.60 Å². The van der Waals surface area contributed by atoms with Gasteiger partial charge < -0.3 is 15.2 Å². The molecule has 7 heteroatoms. The highest BCUT2D eigenvalue weighted by Gasteiger charge is 2.19. The molecule has 0 aliphatic carbocycles. The van der Waals surface area contributed by atoms with Crippen LogP contribution in [-0.4, -0.2) is 16.0 Å². The Balaban J connectivity index is 1.70. The van der Waals surface area contributed by atoms with Gasteiger partial charge in [-0.1, -0.05) is 47.5 Å². The number of halogens is 2. The van der Waals surface area contributed by atoms with E-state index < -0.39 is 11.5 Å². The molecule has 0 aliphatic rings. The molecular formula is C26H22Cl2N2O3. The standard InChI is InChI=1S/C26H22Cl2N2O3/c1-15-14-29-23-18(24(15)33-17-12-10-16(11-13-17)26(2,3)32)6-4-9-21(23)30-25(31)22-19(27)7-5-8-20(22)28/h4-14,32H,1-3H3,(H,30,31). The fourth-order valence-electron chi connectivity index (χ4n) is 3.48. The fourth-order valence-corrected chi connectivity index (χ4v) is 4.05. The number of fused-ring (bicyclic) bond motifs is 1. The summed E-state index contributed by atoms with van der Waals surface area (Å²) in [7, 11) is 0. The zero-order chi connectivity index (χ0) is 23.8. The van der Waals surface area contributed by atoms with Crippen molar-refractivity contribution < 1.29 is 14.6 Å². The molecule has 33 heavy (non-hydrogen) atoms. The number of carbonyl (C=O) groups excluding carboxylic acids is 1. The topological polar surface area (TPSA) is 71.5 Å². The number of ether oxygens (including phenoxy) is 1. The maximum Gasteiger partial charge on any atom is 0.258 e. The predicted molar refractivity (Wildman–Crippen MR) is 133 cm³/mol. The molecule has 1 aromatic heterocycles. The van der Waals surface area contributed by atoms with Crippen molar-refractivity contribution in [1.82, 2.24) is 4.98 Å². The molecule has 4 aromatic rings. The largest absolute Gasteiger partial charge is 0.456 e. The van der Waals surface area contributed by atoms with Crippen molar-refractivity contribution in [3.05, 3.63) is 93.6 Å². The van der Waals surface area contributed by atoms with Gasteiger partial charge in [0, 0.05) is 17.1 Å². The molecule has 0 spiro atoms. The van der Waals surface area contributed by atoms with Gasteiger partial charge in [0.1, 0.15) is 11.5 Å². The predicted octanol–water partition coefficient (Wildman–Crippen LogP) is 7.12. The molecule has 0 saturated carbocycles. The second kappa shape index (κ2) is 9.02. The number of aromatic nitrogens is 1. The van der Waals surface area contributed by atoms with E-state index in [0.29, 0.717) is 22.7 Å². The van der Waals surface area contributed by atoms with E-state index in [1.165, 1.54) is 0 Å². The van der Waals surface area contributed by atoms with E-state index in [1.807, 2.05) is 43.3 Å². The molecule has 2 N–H and O–H groups in total. The Morgan fingerprint density at radius 3 is 2.27 bits per heavy atom. The lowest BCUT2D eigenvalue weighted by Gasteiger charge is -2.18. The van der Waals surface area contributed by atoms with Gasteiger partial charge in [-0.2, -0.15) is 0 Å². The van der Waals surface area contributed by atoms with Gasteiger partial charge in [0.25, 0.3) is 5.91 Å². The van der Waals surface area contributed by atoms with Crippen LogP contribution < -0.4 is 10.1 Å². The quantitative estimate of drug-likeness (QED) is 0.318. The number of hydrogen-bond acceptors (Lipinski definition) is 4. The molecule has 0 fully saturated rings. The van der Waals surface area contributed by atoms with Crippen molar-refractivity contribution in [2.45, 2.75) is 26.4 Å². The van der Waals surface area contributed by atoms with Crippen LogP contribution in [0.1, 0.15) is 35.3 Å². The second-order valence-corrected chi connectivity index (χ2v) is 9.02. The Morgan fingerprint density at radius 1 is 1.00 bits per heavy atom. The number of anilines is 1. The number of nitrogens with one attached hydrogen (secondary N) is 1. The molecule has 0 radical (unpaired) electrons. The Bertz CT molecular complexity index is 1330. The van der Waals surface area contributed by atoms with Crippen LogP contribution in [0.3, 0.4) is 0 Å². The normalized spacial score (nSPS) is 11.5. The number of aliphatic hydroxyl groups is 1. The third kappa shape index (κ3) is 4.81. The maximum absolute atomic E-state index is 12.9. The number of para-hydroxylation sites is 1. The summed E-state index contributed by atoms with van der Waals surface area (Å²) in [5, 5.41) is 14.3. The van der Waals surface area contributed by atoms with E-state index >= 15 is 0 Å². The summed E-state index contributed by atoms with van der Waals surface area (Å²) < 4.78 is 6.20. The zero-order valence-corrected chi connectivity index (χ0v) is 19.8. The van der Waals surface area contributed by atoms with E-state index in [0.717, 1.165) is 16.5 Å². The third-order valence-electron chi connectivity index (χ3n) is 5.24. The number of hydrogen-bond donors (Lipinski definition) is 2. The summed E-state index contributed by atoms with van der Waals surface area (Å²) in [6.45, 7) is 5.37. The van der Waals surface area contributed by atoms with Gasteiger partial charge >= 0.3 is 0 Å². The lowest BCUT2D eigenvalue weighted by atomic mass is 9.99. The van der Waals surface area contributed by atoms with E-state index in [4.69, 9.17) is 27.9 Å². The molecule has 5 nitrogen and oxygen atoms in total. The molecule has 0 bridgehead atoms. The molecule has 0 atom stereocenters. The number of rotatable bonds is 5. The van der Waals surface area contributed by atoms with Gasteiger partial charge in [0.15, 0.2) is 0 Å². The van der Waals surface area contributed by atoms with Crippen molar-refractivity contribution in [3.63, 3.8) is 0 Å². The van der Waals surface area contributed by atoms with Gasteiger partial charge in [-0.15, -0.1) is 0 Å². The van der Waals surface area contributed by atoms with Gasteiger partial charge in [0.2, 0.25) is 0 Å². The van der Waals surface area contributed by atoms with E-state index in [-0.39, 0.29) is 15.6 Å². The number of nitrogens with zero attached hydrogens (tertiary/aromatic N) is 1. The van der Waals surface area contributed by atoms with E-state index in [9.17, 15) is 9.90 Å². The summed E-state index contributed by atoms with van der Waals surface area (Å²) in [4.78, 5) is 17.4. The SMILES string of the molecule is Cc1cnc2c(NC(=O)c3c(Cl)cccc3Cl)cccc2c1Oc1ccc(C(C)(C)O)cc1. The third-order valence-corrected chi connectivity index (χ3v) is 5.87. The van der Waals surface area contributed by atoms with Crippen LogP contribution in [0, 0.1) is 6.92 Å². The molecule has 3 aromatic carbocycles. The Kier molecular flexibility index (Phi) is 6.30. The number of aryl methyl sites for hydroxylation is 1. The van der Waals surface area contributed by atoms with Crippen molar-refractivity contribution in [1.29, 1.82) is 0 Å². The fraction of sp³-hybridized carbons (Fsp3) is 0.154. The first-order valence-electron chi connectivity index (χ1n) is 10.3. The minimum Gasteiger partial charge on any atom is -0.456 e. The van der Waals surface area contributed by atoms with Gasteiger partial charge in [-0.3, -0.25) is 9.78 Å². The number of pyridine rings is 1. The maximum atomic E-state index is 12.9. The molecule has 0 unspecified atom stereocenters. The number of carbonyl (C=O) groups is 1. The van der Waals surface area contributed by atoms with Gasteiger partial charge in [0.05, 0.1) is 32.4 Å². The first-order valence-corrected chi connectivity index (χ1v) is 11.0. The minimum atomic E-state index is -0.935. The second-order valence-electron chi connectivity index (χ2n) is 8.21. The number of benzene rings is 3. The molecular weight excluding hydrogens is 459 g/mol. The van der Waals surface area contributed by atoms with Crippen molar-refractivity contribution in [3.8, 4) is 11.5 Å².